The largest absolute Gasteiger partial charge is 0.294 e. The van der Waals surface area contributed by atoms with Crippen molar-refractivity contribution in [3.05, 3.63) is 0 Å². The van der Waals surface area contributed by atoms with E-state index >= 15 is 0 Å². The summed E-state index contributed by atoms with van der Waals surface area (Å²) in [6.45, 7) is 6.58. The van der Waals surface area contributed by atoms with E-state index < -0.39 is 0 Å². The molecule has 0 aromatic carbocycles. The highest BCUT2D eigenvalue weighted by Crippen LogP contribution is 2.24. The van der Waals surface area contributed by atoms with Crippen molar-refractivity contribution in [1.29, 1.82) is 0 Å². The number of amides is 2. The standard InChI is InChI=1S/C10H18N2O2/c1-10(2,3)5-7-9(14)11-8(13)6-12(7)4/h7H,5-6H2,1-4H3,(H,11,13,14). The van der Waals surface area contributed by atoms with Gasteiger partial charge in [-0.15, -0.1) is 0 Å². The Morgan fingerprint density at radius 3 is 2.43 bits per heavy atom. The molecule has 2 amide bonds. The highest BCUT2D eigenvalue weighted by molar-refractivity contribution is 6.01. The van der Waals surface area contributed by atoms with Gasteiger partial charge in [-0.1, -0.05) is 20.8 Å². The molecule has 1 fully saturated rings. The van der Waals surface area contributed by atoms with Crippen molar-refractivity contribution < 1.29 is 9.59 Å². The van der Waals surface area contributed by atoms with Crippen LogP contribution >= 0.6 is 0 Å². The number of hydrogen-bond acceptors (Lipinski definition) is 3. The van der Waals surface area contributed by atoms with Crippen LogP contribution in [-0.2, 0) is 9.59 Å². The van der Waals surface area contributed by atoms with Gasteiger partial charge >= 0.3 is 0 Å². The zero-order valence-corrected chi connectivity index (χ0v) is 9.26. The van der Waals surface area contributed by atoms with Gasteiger partial charge in [-0.2, -0.15) is 0 Å². The first-order valence-electron chi connectivity index (χ1n) is 4.83. The number of rotatable bonds is 1. The Hall–Kier alpha value is -0.900. The minimum Gasteiger partial charge on any atom is -0.294 e. The molecule has 1 heterocycles. The summed E-state index contributed by atoms with van der Waals surface area (Å²) >= 11 is 0. The third-order valence-electron chi connectivity index (χ3n) is 2.30. The Bertz CT molecular complexity index is 255. The Morgan fingerprint density at radius 1 is 1.43 bits per heavy atom. The molecule has 0 aromatic heterocycles. The highest BCUT2D eigenvalue weighted by atomic mass is 16.2. The van der Waals surface area contributed by atoms with Gasteiger partial charge < -0.3 is 0 Å². The van der Waals surface area contributed by atoms with Crippen LogP contribution in [-0.4, -0.2) is 36.3 Å². The first kappa shape index (κ1) is 11.2. The molecule has 1 unspecified atom stereocenters. The van der Waals surface area contributed by atoms with Crippen LogP contribution in [0, 0.1) is 5.41 Å². The van der Waals surface area contributed by atoms with Gasteiger partial charge in [-0.3, -0.25) is 19.8 Å². The number of carbonyl (C=O) groups is 2. The molecule has 1 N–H and O–H groups in total. The average molecular weight is 198 g/mol. The van der Waals surface area contributed by atoms with E-state index in [4.69, 9.17) is 0 Å². The van der Waals surface area contributed by atoms with Crippen molar-refractivity contribution >= 4 is 11.8 Å². The molecular weight excluding hydrogens is 180 g/mol. The van der Waals surface area contributed by atoms with E-state index in [-0.39, 0.29) is 23.3 Å². The second kappa shape index (κ2) is 3.69. The van der Waals surface area contributed by atoms with Gasteiger partial charge in [0.15, 0.2) is 0 Å². The summed E-state index contributed by atoms with van der Waals surface area (Å²) in [6, 6.07) is -0.173. The van der Waals surface area contributed by atoms with Gasteiger partial charge in [0.05, 0.1) is 12.6 Å². The summed E-state index contributed by atoms with van der Waals surface area (Å²) in [4.78, 5) is 24.4. The molecule has 1 atom stereocenters. The summed E-state index contributed by atoms with van der Waals surface area (Å²) in [6.07, 6.45) is 0.766. The highest BCUT2D eigenvalue weighted by Gasteiger charge is 2.33. The lowest BCUT2D eigenvalue weighted by Gasteiger charge is -2.34. The summed E-state index contributed by atoms with van der Waals surface area (Å²) in [5, 5.41) is 2.36. The summed E-state index contributed by atoms with van der Waals surface area (Å²) in [5.41, 5.74) is 0.0939. The van der Waals surface area contributed by atoms with Crippen molar-refractivity contribution in [2.24, 2.45) is 5.41 Å². The zero-order chi connectivity index (χ0) is 10.9. The summed E-state index contributed by atoms with van der Waals surface area (Å²) in [7, 11) is 1.81. The Labute approximate surface area is 84.7 Å². The van der Waals surface area contributed by atoms with Gasteiger partial charge in [-0.25, -0.2) is 0 Å². The third kappa shape index (κ3) is 2.80. The van der Waals surface area contributed by atoms with E-state index in [1.165, 1.54) is 0 Å². The van der Waals surface area contributed by atoms with E-state index in [1.807, 2.05) is 11.9 Å². The molecular formula is C10H18N2O2. The van der Waals surface area contributed by atoms with Crippen LogP contribution in [0.4, 0.5) is 0 Å². The van der Waals surface area contributed by atoms with Gasteiger partial charge in [-0.05, 0) is 18.9 Å². The van der Waals surface area contributed by atoms with Crippen molar-refractivity contribution in [1.82, 2.24) is 10.2 Å². The lowest BCUT2D eigenvalue weighted by atomic mass is 9.86. The first-order chi connectivity index (χ1) is 6.29. The number of nitrogens with zero attached hydrogens (tertiary/aromatic N) is 1. The average Bonchev–Trinajstić information content (AvgIpc) is 1.95. The summed E-state index contributed by atoms with van der Waals surface area (Å²) in [5.74, 6) is -0.374. The van der Waals surface area contributed by atoms with Crippen molar-refractivity contribution in [3.8, 4) is 0 Å². The molecule has 4 nitrogen and oxygen atoms in total. The van der Waals surface area contributed by atoms with Crippen molar-refractivity contribution in [2.75, 3.05) is 13.6 Å². The molecule has 0 aromatic rings. The Kier molecular flexibility index (Phi) is 2.95. The maximum Gasteiger partial charge on any atom is 0.243 e. The molecule has 1 saturated heterocycles. The molecule has 4 heteroatoms. The predicted molar refractivity (Wildman–Crippen MR) is 53.6 cm³/mol. The van der Waals surface area contributed by atoms with Crippen LogP contribution in [0.3, 0.4) is 0 Å². The quantitative estimate of drug-likeness (QED) is 0.620. The molecule has 1 aliphatic rings. The van der Waals surface area contributed by atoms with Crippen LogP contribution in [0.15, 0.2) is 0 Å². The van der Waals surface area contributed by atoms with Gasteiger partial charge in [0.25, 0.3) is 0 Å². The lowest BCUT2D eigenvalue weighted by molar-refractivity contribution is -0.140. The predicted octanol–water partition coefficient (Wildman–Crippen LogP) is 0.379. The number of hydrogen-bond donors (Lipinski definition) is 1. The molecule has 0 bridgehead atoms. The second-order valence-corrected chi connectivity index (χ2v) is 5.11. The molecule has 14 heavy (non-hydrogen) atoms. The van der Waals surface area contributed by atoms with E-state index in [9.17, 15) is 9.59 Å². The number of piperazine rings is 1. The molecule has 1 rings (SSSR count). The molecule has 0 spiro atoms. The van der Waals surface area contributed by atoms with Crippen LogP contribution in [0.2, 0.25) is 0 Å². The van der Waals surface area contributed by atoms with Crippen LogP contribution in [0.25, 0.3) is 0 Å². The molecule has 0 radical (unpaired) electrons. The normalized spacial score (nSPS) is 25.0. The summed E-state index contributed by atoms with van der Waals surface area (Å²) < 4.78 is 0. The maximum absolute atomic E-state index is 11.5. The van der Waals surface area contributed by atoms with Crippen LogP contribution < -0.4 is 5.32 Å². The van der Waals surface area contributed by atoms with E-state index in [0.717, 1.165) is 6.42 Å². The van der Waals surface area contributed by atoms with Gasteiger partial charge in [0.1, 0.15) is 0 Å². The van der Waals surface area contributed by atoms with Crippen LogP contribution in [0.1, 0.15) is 27.2 Å². The fourth-order valence-corrected chi connectivity index (χ4v) is 1.63. The fraction of sp³-hybridized carbons (Fsp3) is 0.800. The number of imide groups is 1. The Morgan fingerprint density at radius 2 is 2.00 bits per heavy atom. The van der Waals surface area contributed by atoms with Gasteiger partial charge in [0.2, 0.25) is 11.8 Å². The molecule has 0 saturated carbocycles. The second-order valence-electron chi connectivity index (χ2n) is 5.11. The van der Waals surface area contributed by atoms with Gasteiger partial charge in [0, 0.05) is 0 Å². The number of likely N-dealkylation sites (N-methyl/N-ethyl adjacent to an activating group) is 1. The smallest absolute Gasteiger partial charge is 0.243 e. The first-order valence-corrected chi connectivity index (χ1v) is 4.83. The minimum absolute atomic E-state index is 0.0939. The minimum atomic E-state index is -0.206. The monoisotopic (exact) mass is 198 g/mol. The van der Waals surface area contributed by atoms with Crippen molar-refractivity contribution in [2.45, 2.75) is 33.2 Å². The SMILES string of the molecule is CN1CC(=O)NC(=O)C1CC(C)(C)C. The Balaban J connectivity index is 2.68. The zero-order valence-electron chi connectivity index (χ0n) is 9.26. The van der Waals surface area contributed by atoms with E-state index in [2.05, 4.69) is 26.1 Å². The van der Waals surface area contributed by atoms with E-state index in [1.54, 1.807) is 0 Å². The fourth-order valence-electron chi connectivity index (χ4n) is 1.63. The molecule has 0 aliphatic carbocycles. The lowest BCUT2D eigenvalue weighted by Crippen LogP contribution is -2.57. The van der Waals surface area contributed by atoms with Crippen molar-refractivity contribution in [3.63, 3.8) is 0 Å². The molecule has 80 valence electrons. The number of carbonyl (C=O) groups excluding carboxylic acids is 2. The third-order valence-corrected chi connectivity index (χ3v) is 2.30. The van der Waals surface area contributed by atoms with E-state index in [0.29, 0.717) is 6.54 Å². The number of nitrogens with one attached hydrogen (secondary N) is 1. The topological polar surface area (TPSA) is 49.4 Å². The van der Waals surface area contributed by atoms with Crippen LogP contribution in [0.5, 0.6) is 0 Å². The maximum atomic E-state index is 11.5. The molecule has 1 aliphatic heterocycles.